The quantitative estimate of drug-likeness (QED) is 0.777. The third-order valence-electron chi connectivity index (χ3n) is 3.62. The van der Waals surface area contributed by atoms with Gasteiger partial charge in [0.15, 0.2) is 5.15 Å². The minimum absolute atomic E-state index is 0.0632. The highest BCUT2D eigenvalue weighted by Gasteiger charge is 2.23. The molecule has 17 heavy (non-hydrogen) atoms. The van der Waals surface area contributed by atoms with Crippen LogP contribution in [0.25, 0.3) is 0 Å². The van der Waals surface area contributed by atoms with Crippen LogP contribution in [0.4, 0.5) is 0 Å². The van der Waals surface area contributed by atoms with Crippen molar-refractivity contribution in [2.24, 2.45) is 5.92 Å². The van der Waals surface area contributed by atoms with E-state index in [1.165, 1.54) is 19.3 Å². The van der Waals surface area contributed by atoms with Crippen LogP contribution < -0.4 is 5.56 Å². The zero-order valence-corrected chi connectivity index (χ0v) is 12.2. The summed E-state index contributed by atoms with van der Waals surface area (Å²) in [6, 6.07) is 0.280. The number of halogens is 2. The van der Waals surface area contributed by atoms with Crippen molar-refractivity contribution < 1.29 is 0 Å². The average Bonchev–Trinajstić information content (AvgIpc) is 2.36. The fourth-order valence-corrected chi connectivity index (χ4v) is 3.00. The number of hydrogen-bond acceptors (Lipinski definition) is 2. The molecular formula is C12H16BrClN2O. The molecule has 1 fully saturated rings. The molecule has 0 spiro atoms. The van der Waals surface area contributed by atoms with Crippen molar-refractivity contribution in [3.05, 3.63) is 26.3 Å². The first-order valence-corrected chi connectivity index (χ1v) is 7.22. The van der Waals surface area contributed by atoms with Crippen molar-refractivity contribution in [1.29, 1.82) is 0 Å². The lowest BCUT2D eigenvalue weighted by Gasteiger charge is -2.29. The summed E-state index contributed by atoms with van der Waals surface area (Å²) in [5.74, 6) is 0.732. The molecule has 0 bridgehead atoms. The van der Waals surface area contributed by atoms with Crippen molar-refractivity contribution in [3.63, 3.8) is 0 Å². The van der Waals surface area contributed by atoms with E-state index in [4.69, 9.17) is 11.6 Å². The van der Waals surface area contributed by atoms with Gasteiger partial charge in [0.25, 0.3) is 5.56 Å². The third-order valence-corrected chi connectivity index (χ3v) is 4.85. The lowest BCUT2D eigenvalue weighted by atomic mass is 9.84. The lowest BCUT2D eigenvalue weighted by molar-refractivity contribution is 0.255. The van der Waals surface area contributed by atoms with E-state index in [1.807, 2.05) is 0 Å². The van der Waals surface area contributed by atoms with Gasteiger partial charge >= 0.3 is 0 Å². The second-order valence-corrected chi connectivity index (χ2v) is 5.81. The van der Waals surface area contributed by atoms with E-state index in [9.17, 15) is 4.79 Å². The predicted molar refractivity (Wildman–Crippen MR) is 72.5 cm³/mol. The predicted octanol–water partition coefficient (Wildman–Crippen LogP) is 3.80. The van der Waals surface area contributed by atoms with Crippen LogP contribution in [0.5, 0.6) is 0 Å². The molecular weight excluding hydrogens is 304 g/mol. The van der Waals surface area contributed by atoms with Gasteiger partial charge in [-0.05, 0) is 34.7 Å². The van der Waals surface area contributed by atoms with Crippen molar-refractivity contribution in [1.82, 2.24) is 9.55 Å². The summed E-state index contributed by atoms with van der Waals surface area (Å²) in [6.45, 7) is 2.21. The summed E-state index contributed by atoms with van der Waals surface area (Å²) in [6.07, 6.45) is 7.38. The minimum atomic E-state index is -0.0632. The van der Waals surface area contributed by atoms with Gasteiger partial charge in [0, 0.05) is 6.04 Å². The Morgan fingerprint density at radius 3 is 3.06 bits per heavy atom. The van der Waals surface area contributed by atoms with E-state index in [0.717, 1.165) is 18.8 Å². The molecule has 1 saturated carbocycles. The van der Waals surface area contributed by atoms with Gasteiger partial charge in [-0.25, -0.2) is 4.98 Å². The molecule has 1 aliphatic carbocycles. The van der Waals surface area contributed by atoms with E-state index in [1.54, 1.807) is 10.9 Å². The topological polar surface area (TPSA) is 34.9 Å². The largest absolute Gasteiger partial charge is 0.295 e. The molecule has 0 N–H and O–H groups in total. The van der Waals surface area contributed by atoms with Gasteiger partial charge in [0.2, 0.25) is 0 Å². The molecule has 1 aliphatic rings. The summed E-state index contributed by atoms with van der Waals surface area (Å²) >= 11 is 9.01. The van der Waals surface area contributed by atoms with Gasteiger partial charge in [0.05, 0.1) is 6.33 Å². The highest BCUT2D eigenvalue weighted by molar-refractivity contribution is 9.10. The van der Waals surface area contributed by atoms with Crippen LogP contribution in [0.1, 0.15) is 45.1 Å². The summed E-state index contributed by atoms with van der Waals surface area (Å²) in [5.41, 5.74) is -0.0632. The van der Waals surface area contributed by atoms with Gasteiger partial charge in [0.1, 0.15) is 4.47 Å². The first-order chi connectivity index (χ1) is 8.13. The first-order valence-electron chi connectivity index (χ1n) is 6.05. The Morgan fingerprint density at radius 1 is 1.59 bits per heavy atom. The number of rotatable bonds is 2. The second kappa shape index (κ2) is 5.53. The highest BCUT2D eigenvalue weighted by Crippen LogP contribution is 2.33. The maximum Gasteiger partial charge on any atom is 0.269 e. The van der Waals surface area contributed by atoms with Gasteiger partial charge in [-0.3, -0.25) is 9.36 Å². The summed E-state index contributed by atoms with van der Waals surface area (Å²) in [4.78, 5) is 16.1. The van der Waals surface area contributed by atoms with Crippen molar-refractivity contribution >= 4 is 27.5 Å². The van der Waals surface area contributed by atoms with Gasteiger partial charge in [-0.1, -0.05) is 37.8 Å². The van der Waals surface area contributed by atoms with Gasteiger partial charge in [-0.2, -0.15) is 0 Å². The Balaban J connectivity index is 2.28. The van der Waals surface area contributed by atoms with E-state index in [-0.39, 0.29) is 16.8 Å². The third kappa shape index (κ3) is 2.74. The van der Waals surface area contributed by atoms with Crippen LogP contribution in [0.3, 0.4) is 0 Å². The molecule has 3 nitrogen and oxygen atoms in total. The molecule has 0 saturated heterocycles. The molecule has 2 rings (SSSR count). The Labute approximate surface area is 114 Å². The Hall–Kier alpha value is -0.350. The minimum Gasteiger partial charge on any atom is -0.295 e. The number of aromatic nitrogens is 2. The molecule has 0 aliphatic heterocycles. The summed E-state index contributed by atoms with van der Waals surface area (Å²) < 4.78 is 2.11. The average molecular weight is 320 g/mol. The molecule has 0 radical (unpaired) electrons. The van der Waals surface area contributed by atoms with Crippen LogP contribution in [-0.4, -0.2) is 9.55 Å². The van der Waals surface area contributed by atoms with Crippen LogP contribution in [0.15, 0.2) is 15.6 Å². The molecule has 5 heteroatoms. The SMILES string of the molecule is CCC1CCCC(n2cnc(Cl)c(Br)c2=O)C1. The molecule has 0 aromatic carbocycles. The van der Waals surface area contributed by atoms with Crippen molar-refractivity contribution in [2.75, 3.05) is 0 Å². The summed E-state index contributed by atoms with van der Waals surface area (Å²) in [7, 11) is 0. The molecule has 1 aromatic heterocycles. The summed E-state index contributed by atoms with van der Waals surface area (Å²) in [5, 5.41) is 0.245. The van der Waals surface area contributed by atoms with Crippen LogP contribution in [0, 0.1) is 5.92 Å². The molecule has 94 valence electrons. The lowest BCUT2D eigenvalue weighted by Crippen LogP contribution is -2.29. The monoisotopic (exact) mass is 318 g/mol. The zero-order chi connectivity index (χ0) is 12.4. The van der Waals surface area contributed by atoms with Crippen LogP contribution in [0.2, 0.25) is 5.15 Å². The van der Waals surface area contributed by atoms with Crippen molar-refractivity contribution in [2.45, 2.75) is 45.1 Å². The fourth-order valence-electron chi connectivity index (χ4n) is 2.57. The van der Waals surface area contributed by atoms with E-state index in [0.29, 0.717) is 4.47 Å². The molecule has 2 unspecified atom stereocenters. The van der Waals surface area contributed by atoms with E-state index < -0.39 is 0 Å². The smallest absolute Gasteiger partial charge is 0.269 e. The van der Waals surface area contributed by atoms with Gasteiger partial charge < -0.3 is 0 Å². The van der Waals surface area contributed by atoms with Crippen LogP contribution in [-0.2, 0) is 0 Å². The maximum absolute atomic E-state index is 12.1. The molecule has 2 atom stereocenters. The second-order valence-electron chi connectivity index (χ2n) is 4.66. The van der Waals surface area contributed by atoms with E-state index >= 15 is 0 Å². The standard InChI is InChI=1S/C12H16BrClN2O/c1-2-8-4-3-5-9(6-8)16-7-15-11(14)10(13)12(16)17/h7-9H,2-6H2,1H3. The molecule has 1 heterocycles. The zero-order valence-electron chi connectivity index (χ0n) is 9.83. The van der Waals surface area contributed by atoms with Gasteiger partial charge in [-0.15, -0.1) is 0 Å². The van der Waals surface area contributed by atoms with Crippen LogP contribution >= 0.6 is 27.5 Å². The first kappa shape index (κ1) is 13.1. The number of nitrogens with zero attached hydrogens (tertiary/aromatic N) is 2. The Bertz CT molecular complexity index is 460. The normalized spacial score (nSPS) is 24.9. The molecule has 0 amide bonds. The van der Waals surface area contributed by atoms with Crippen molar-refractivity contribution in [3.8, 4) is 0 Å². The maximum atomic E-state index is 12.1. The number of hydrogen-bond donors (Lipinski definition) is 0. The Kier molecular flexibility index (Phi) is 4.26. The highest BCUT2D eigenvalue weighted by atomic mass is 79.9. The van der Waals surface area contributed by atoms with E-state index in [2.05, 4.69) is 27.8 Å². The Morgan fingerprint density at radius 2 is 2.35 bits per heavy atom. The fraction of sp³-hybridized carbons (Fsp3) is 0.667. The molecule has 1 aromatic rings.